The molecular formula is C19H15F2N3O2. The molecule has 0 radical (unpaired) electrons. The van der Waals surface area contributed by atoms with Crippen LogP contribution < -0.4 is 4.74 Å². The summed E-state index contributed by atoms with van der Waals surface area (Å²) in [5, 5.41) is 12.6. The topological polar surface area (TPSA) is 67.6 Å². The molecule has 26 heavy (non-hydrogen) atoms. The van der Waals surface area contributed by atoms with Crippen LogP contribution in [-0.2, 0) is 0 Å². The predicted molar refractivity (Wildman–Crippen MR) is 92.5 cm³/mol. The number of benzene rings is 1. The van der Waals surface area contributed by atoms with Crippen molar-refractivity contribution in [3.63, 3.8) is 0 Å². The van der Waals surface area contributed by atoms with Crippen LogP contribution in [0.15, 0.2) is 54.1 Å². The van der Waals surface area contributed by atoms with Crippen LogP contribution in [0.25, 0.3) is 11.1 Å². The number of hydrogen-bond donors (Lipinski definition) is 1. The smallest absolute Gasteiger partial charge is 0.159 e. The Hall–Kier alpha value is -3.35. The van der Waals surface area contributed by atoms with Crippen LogP contribution in [0.3, 0.4) is 0 Å². The highest BCUT2D eigenvalue weighted by Crippen LogP contribution is 2.29. The van der Waals surface area contributed by atoms with Gasteiger partial charge in [0.1, 0.15) is 23.0 Å². The maximum atomic E-state index is 15.2. The molecule has 3 aromatic rings. The van der Waals surface area contributed by atoms with Crippen LogP contribution in [0.2, 0.25) is 0 Å². The van der Waals surface area contributed by atoms with E-state index in [1.807, 2.05) is 6.92 Å². The van der Waals surface area contributed by atoms with Gasteiger partial charge >= 0.3 is 0 Å². The van der Waals surface area contributed by atoms with Crippen LogP contribution in [0.4, 0.5) is 8.78 Å². The highest BCUT2D eigenvalue weighted by Gasteiger charge is 2.22. The molecule has 7 heteroatoms. The van der Waals surface area contributed by atoms with E-state index in [1.165, 1.54) is 37.7 Å². The van der Waals surface area contributed by atoms with Gasteiger partial charge in [-0.1, -0.05) is 5.16 Å². The number of aromatic nitrogens is 2. The van der Waals surface area contributed by atoms with Gasteiger partial charge in [-0.15, -0.1) is 0 Å². The molecule has 1 N–H and O–H groups in total. The van der Waals surface area contributed by atoms with Gasteiger partial charge in [0.15, 0.2) is 5.82 Å². The van der Waals surface area contributed by atoms with Crippen molar-refractivity contribution in [1.82, 2.24) is 9.97 Å². The van der Waals surface area contributed by atoms with E-state index in [1.54, 1.807) is 12.3 Å². The zero-order chi connectivity index (χ0) is 18.7. The first kappa shape index (κ1) is 17.5. The fourth-order valence-corrected chi connectivity index (χ4v) is 2.66. The van der Waals surface area contributed by atoms with E-state index in [2.05, 4.69) is 15.1 Å². The Labute approximate surface area is 148 Å². The van der Waals surface area contributed by atoms with E-state index in [0.29, 0.717) is 5.56 Å². The summed E-state index contributed by atoms with van der Waals surface area (Å²) in [6, 6.07) is 6.91. The lowest BCUT2D eigenvalue weighted by atomic mass is 9.99. The zero-order valence-corrected chi connectivity index (χ0v) is 14.1. The summed E-state index contributed by atoms with van der Waals surface area (Å²) in [4.78, 5) is 8.00. The summed E-state index contributed by atoms with van der Waals surface area (Å²) < 4.78 is 34.0. The zero-order valence-electron chi connectivity index (χ0n) is 14.1. The summed E-state index contributed by atoms with van der Waals surface area (Å²) in [5.41, 5.74) is 1.27. The first-order valence-electron chi connectivity index (χ1n) is 7.68. The van der Waals surface area contributed by atoms with Crippen LogP contribution in [0.5, 0.6) is 5.75 Å². The van der Waals surface area contributed by atoms with Crippen molar-refractivity contribution < 1.29 is 18.7 Å². The molecule has 0 saturated carbocycles. The molecule has 0 aliphatic carbocycles. The minimum Gasteiger partial charge on any atom is -0.496 e. The number of ether oxygens (including phenoxy) is 1. The Balaban J connectivity index is 2.20. The van der Waals surface area contributed by atoms with Gasteiger partial charge in [0.2, 0.25) is 0 Å². The second-order valence-corrected chi connectivity index (χ2v) is 5.50. The van der Waals surface area contributed by atoms with Gasteiger partial charge in [-0.3, -0.25) is 9.97 Å². The van der Waals surface area contributed by atoms with Gasteiger partial charge in [-0.2, -0.15) is 0 Å². The van der Waals surface area contributed by atoms with E-state index < -0.39 is 11.6 Å². The molecule has 5 nitrogen and oxygen atoms in total. The Morgan fingerprint density at radius 2 is 1.92 bits per heavy atom. The lowest BCUT2D eigenvalue weighted by Crippen LogP contribution is -2.12. The van der Waals surface area contributed by atoms with E-state index >= 15 is 4.39 Å². The fourth-order valence-electron chi connectivity index (χ4n) is 2.66. The molecule has 1 aromatic carbocycles. The number of methoxy groups -OCH3 is 1. The number of aryl methyl sites for hydroxylation is 1. The van der Waals surface area contributed by atoms with Gasteiger partial charge in [0.25, 0.3) is 0 Å². The summed E-state index contributed by atoms with van der Waals surface area (Å²) in [6.07, 6.45) is 4.53. The highest BCUT2D eigenvalue weighted by molar-refractivity contribution is 6.13. The Bertz CT molecular complexity index is 990. The van der Waals surface area contributed by atoms with Gasteiger partial charge in [-0.25, -0.2) is 8.78 Å². The average molecular weight is 355 g/mol. The predicted octanol–water partition coefficient (Wildman–Crippen LogP) is 3.97. The standard InChI is InChI=1S/C19H15F2N3O2/c1-11-5-7-22-10-15(11)13-6-8-23-19(17(13)21)18(24-25)14-9-12(20)3-4-16(14)26-2/h3-10,25H,1-2H3/b24-18+. The normalized spacial score (nSPS) is 11.5. The summed E-state index contributed by atoms with van der Waals surface area (Å²) in [6.45, 7) is 1.83. The minimum absolute atomic E-state index is 0.0847. The molecule has 2 aromatic heterocycles. The lowest BCUT2D eigenvalue weighted by Gasteiger charge is -2.13. The summed E-state index contributed by atoms with van der Waals surface area (Å²) >= 11 is 0. The SMILES string of the molecule is COc1ccc(F)cc1/C(=N\O)c1nccc(-c2cnccc2C)c1F. The molecular weight excluding hydrogens is 340 g/mol. The first-order valence-corrected chi connectivity index (χ1v) is 7.68. The van der Waals surface area contributed by atoms with Crippen LogP contribution >= 0.6 is 0 Å². The van der Waals surface area contributed by atoms with E-state index in [0.717, 1.165) is 11.6 Å². The fraction of sp³-hybridized carbons (Fsp3) is 0.105. The summed E-state index contributed by atoms with van der Waals surface area (Å²) in [5.74, 6) is -1.06. The quantitative estimate of drug-likeness (QED) is 0.437. The maximum Gasteiger partial charge on any atom is 0.159 e. The number of halogens is 2. The van der Waals surface area contributed by atoms with Gasteiger partial charge in [-0.05, 0) is 42.8 Å². The molecule has 0 aliphatic rings. The average Bonchev–Trinajstić information content (AvgIpc) is 2.65. The molecule has 0 atom stereocenters. The van der Waals surface area contributed by atoms with Crippen molar-refractivity contribution in [3.8, 4) is 16.9 Å². The third-order valence-corrected chi connectivity index (χ3v) is 3.96. The van der Waals surface area contributed by atoms with Crippen LogP contribution in [0, 0.1) is 18.6 Å². The van der Waals surface area contributed by atoms with E-state index in [9.17, 15) is 9.60 Å². The third kappa shape index (κ3) is 3.11. The van der Waals surface area contributed by atoms with Crippen LogP contribution in [-0.4, -0.2) is 28.0 Å². The van der Waals surface area contributed by atoms with E-state index in [-0.39, 0.29) is 28.3 Å². The van der Waals surface area contributed by atoms with Gasteiger partial charge in [0.05, 0.1) is 12.7 Å². The van der Waals surface area contributed by atoms with Crippen molar-refractivity contribution in [2.75, 3.05) is 7.11 Å². The Kier molecular flexibility index (Phi) is 4.88. The van der Waals surface area contributed by atoms with Crippen molar-refractivity contribution in [3.05, 3.63) is 77.4 Å². The number of rotatable bonds is 4. The van der Waals surface area contributed by atoms with Gasteiger partial charge in [0, 0.05) is 29.7 Å². The van der Waals surface area contributed by atoms with Crippen molar-refractivity contribution in [2.24, 2.45) is 5.16 Å². The Morgan fingerprint density at radius 1 is 1.12 bits per heavy atom. The first-order chi connectivity index (χ1) is 12.6. The van der Waals surface area contributed by atoms with Gasteiger partial charge < -0.3 is 9.94 Å². The molecule has 132 valence electrons. The third-order valence-electron chi connectivity index (χ3n) is 3.96. The van der Waals surface area contributed by atoms with Crippen molar-refractivity contribution in [1.29, 1.82) is 0 Å². The molecule has 2 heterocycles. The van der Waals surface area contributed by atoms with Crippen LogP contribution in [0.1, 0.15) is 16.8 Å². The second kappa shape index (κ2) is 7.26. The number of oxime groups is 1. The molecule has 0 fully saturated rings. The Morgan fingerprint density at radius 3 is 2.62 bits per heavy atom. The molecule has 0 unspecified atom stereocenters. The number of hydrogen-bond acceptors (Lipinski definition) is 5. The number of pyridine rings is 2. The van der Waals surface area contributed by atoms with Crippen molar-refractivity contribution >= 4 is 5.71 Å². The molecule has 0 spiro atoms. The lowest BCUT2D eigenvalue weighted by molar-refractivity contribution is 0.319. The van der Waals surface area contributed by atoms with Crippen molar-refractivity contribution in [2.45, 2.75) is 6.92 Å². The molecule has 0 bridgehead atoms. The molecule has 0 saturated heterocycles. The summed E-state index contributed by atoms with van der Waals surface area (Å²) in [7, 11) is 1.38. The minimum atomic E-state index is -0.706. The second-order valence-electron chi connectivity index (χ2n) is 5.50. The molecule has 3 rings (SSSR count). The number of nitrogens with zero attached hydrogens (tertiary/aromatic N) is 3. The molecule has 0 aliphatic heterocycles. The largest absolute Gasteiger partial charge is 0.496 e. The monoisotopic (exact) mass is 355 g/mol. The van der Waals surface area contributed by atoms with E-state index in [4.69, 9.17) is 4.74 Å². The highest BCUT2D eigenvalue weighted by atomic mass is 19.1. The maximum absolute atomic E-state index is 15.2. The molecule has 0 amide bonds.